The number of hydrogen-bond donors (Lipinski definition) is 2. The Labute approximate surface area is 128 Å². The first-order valence-corrected chi connectivity index (χ1v) is 7.04. The van der Waals surface area contributed by atoms with Gasteiger partial charge in [0, 0.05) is 11.8 Å². The fourth-order valence-corrected chi connectivity index (χ4v) is 1.86. The predicted molar refractivity (Wildman–Crippen MR) is 84.3 cm³/mol. The Bertz CT molecular complexity index is 705. The lowest BCUT2D eigenvalue weighted by Gasteiger charge is -2.10. The third kappa shape index (κ3) is 4.18. The highest BCUT2D eigenvalue weighted by molar-refractivity contribution is 5.91. The zero-order valence-corrected chi connectivity index (χ0v) is 12.8. The summed E-state index contributed by atoms with van der Waals surface area (Å²) in [6, 6.07) is 7.62. The van der Waals surface area contributed by atoms with Gasteiger partial charge in [-0.2, -0.15) is 0 Å². The van der Waals surface area contributed by atoms with E-state index in [-0.39, 0.29) is 12.5 Å². The molecule has 2 aromatic rings. The molecule has 0 aliphatic carbocycles. The quantitative estimate of drug-likeness (QED) is 0.887. The summed E-state index contributed by atoms with van der Waals surface area (Å²) in [5.74, 6) is 1.06. The lowest BCUT2D eigenvalue weighted by atomic mass is 10.0. The van der Waals surface area contributed by atoms with Gasteiger partial charge < -0.3 is 10.1 Å². The summed E-state index contributed by atoms with van der Waals surface area (Å²) < 4.78 is 5.43. The SMILES string of the molecule is Cc1cnc(=O)[nH]c1NC(=O)COc1ccc(C(C)C)cc1. The number of carbonyl (C=O) groups excluding carboxylic acids is 1. The van der Waals surface area contributed by atoms with Crippen LogP contribution in [0.2, 0.25) is 0 Å². The van der Waals surface area contributed by atoms with Crippen LogP contribution in [0, 0.1) is 6.92 Å². The van der Waals surface area contributed by atoms with Gasteiger partial charge in [0.15, 0.2) is 6.61 Å². The molecule has 1 aromatic heterocycles. The molecular weight excluding hydrogens is 282 g/mol. The van der Waals surface area contributed by atoms with Crippen LogP contribution in [0.4, 0.5) is 5.82 Å². The number of hydrogen-bond acceptors (Lipinski definition) is 4. The summed E-state index contributed by atoms with van der Waals surface area (Å²) in [7, 11) is 0. The number of H-pyrrole nitrogens is 1. The second-order valence-electron chi connectivity index (χ2n) is 5.31. The smallest absolute Gasteiger partial charge is 0.346 e. The van der Waals surface area contributed by atoms with Crippen molar-refractivity contribution in [3.8, 4) is 5.75 Å². The normalized spacial score (nSPS) is 10.5. The van der Waals surface area contributed by atoms with Gasteiger partial charge in [-0.15, -0.1) is 0 Å². The van der Waals surface area contributed by atoms with Crippen molar-refractivity contribution in [2.75, 3.05) is 11.9 Å². The minimum Gasteiger partial charge on any atom is -0.484 e. The van der Waals surface area contributed by atoms with E-state index in [1.54, 1.807) is 6.92 Å². The van der Waals surface area contributed by atoms with E-state index in [2.05, 4.69) is 29.1 Å². The Morgan fingerprint density at radius 1 is 1.32 bits per heavy atom. The second kappa shape index (κ2) is 6.89. The Hall–Kier alpha value is -2.63. The molecule has 0 bridgehead atoms. The number of nitrogens with zero attached hydrogens (tertiary/aromatic N) is 1. The van der Waals surface area contributed by atoms with Crippen LogP contribution in [0.3, 0.4) is 0 Å². The number of aryl methyl sites for hydroxylation is 1. The van der Waals surface area contributed by atoms with E-state index >= 15 is 0 Å². The molecule has 0 aliphatic heterocycles. The van der Waals surface area contributed by atoms with Gasteiger partial charge in [-0.3, -0.25) is 9.78 Å². The molecule has 116 valence electrons. The Morgan fingerprint density at radius 3 is 2.64 bits per heavy atom. The molecule has 1 amide bonds. The fourth-order valence-electron chi connectivity index (χ4n) is 1.86. The molecule has 2 N–H and O–H groups in total. The largest absolute Gasteiger partial charge is 0.484 e. The molecule has 1 heterocycles. The van der Waals surface area contributed by atoms with Crippen LogP contribution < -0.4 is 15.7 Å². The van der Waals surface area contributed by atoms with Crippen molar-refractivity contribution in [3.63, 3.8) is 0 Å². The van der Waals surface area contributed by atoms with Gasteiger partial charge in [0.25, 0.3) is 5.91 Å². The van der Waals surface area contributed by atoms with Crippen molar-refractivity contribution < 1.29 is 9.53 Å². The minimum atomic E-state index is -0.508. The average molecular weight is 301 g/mol. The number of benzene rings is 1. The van der Waals surface area contributed by atoms with E-state index in [0.717, 1.165) is 0 Å². The van der Waals surface area contributed by atoms with Crippen molar-refractivity contribution in [3.05, 3.63) is 52.1 Å². The molecule has 22 heavy (non-hydrogen) atoms. The van der Waals surface area contributed by atoms with Crippen LogP contribution in [-0.2, 0) is 4.79 Å². The molecule has 0 atom stereocenters. The van der Waals surface area contributed by atoms with Crippen LogP contribution in [0.25, 0.3) is 0 Å². The number of aromatic amines is 1. The van der Waals surface area contributed by atoms with Crippen molar-refractivity contribution >= 4 is 11.7 Å². The minimum absolute atomic E-state index is 0.134. The maximum atomic E-state index is 11.8. The molecule has 0 unspecified atom stereocenters. The van der Waals surface area contributed by atoms with Crippen LogP contribution in [-0.4, -0.2) is 22.5 Å². The monoisotopic (exact) mass is 301 g/mol. The highest BCUT2D eigenvalue weighted by atomic mass is 16.5. The zero-order valence-electron chi connectivity index (χ0n) is 12.8. The van der Waals surface area contributed by atoms with E-state index in [4.69, 9.17) is 4.74 Å². The van der Waals surface area contributed by atoms with E-state index < -0.39 is 5.69 Å². The highest BCUT2D eigenvalue weighted by Gasteiger charge is 2.07. The third-order valence-corrected chi connectivity index (χ3v) is 3.18. The molecule has 0 aliphatic rings. The standard InChI is InChI=1S/C16H19N3O3/c1-10(2)12-4-6-13(7-5-12)22-9-14(20)18-15-11(3)8-17-16(21)19-15/h4-8,10H,9H2,1-3H3,(H2,17,18,19,20,21). The number of nitrogens with one attached hydrogen (secondary N) is 2. The molecule has 0 spiro atoms. The molecule has 6 heteroatoms. The number of ether oxygens (including phenoxy) is 1. The zero-order chi connectivity index (χ0) is 16.1. The molecule has 0 saturated carbocycles. The third-order valence-electron chi connectivity index (χ3n) is 3.18. The Kier molecular flexibility index (Phi) is 4.93. The van der Waals surface area contributed by atoms with E-state index in [0.29, 0.717) is 23.0 Å². The van der Waals surface area contributed by atoms with Crippen molar-refractivity contribution in [1.29, 1.82) is 0 Å². The summed E-state index contributed by atoms with van der Waals surface area (Å²) in [4.78, 5) is 29.0. The number of anilines is 1. The molecule has 0 saturated heterocycles. The molecule has 0 fully saturated rings. The van der Waals surface area contributed by atoms with Gasteiger partial charge in [-0.25, -0.2) is 9.78 Å². The number of aromatic nitrogens is 2. The molecule has 6 nitrogen and oxygen atoms in total. The summed E-state index contributed by atoms with van der Waals surface area (Å²) in [5, 5.41) is 2.59. The molecule has 1 aromatic carbocycles. The topological polar surface area (TPSA) is 84.1 Å². The van der Waals surface area contributed by atoms with Crippen molar-refractivity contribution in [2.24, 2.45) is 0 Å². The van der Waals surface area contributed by atoms with Crippen LogP contribution in [0.5, 0.6) is 5.75 Å². The van der Waals surface area contributed by atoms with Crippen molar-refractivity contribution in [1.82, 2.24) is 9.97 Å². The van der Waals surface area contributed by atoms with Gasteiger partial charge in [0.05, 0.1) is 0 Å². The van der Waals surface area contributed by atoms with Crippen LogP contribution in [0.15, 0.2) is 35.3 Å². The van der Waals surface area contributed by atoms with E-state index in [1.165, 1.54) is 11.8 Å². The van der Waals surface area contributed by atoms with Gasteiger partial charge in [-0.05, 0) is 30.5 Å². The number of carbonyl (C=O) groups is 1. The van der Waals surface area contributed by atoms with Crippen LogP contribution in [0.1, 0.15) is 30.9 Å². The highest BCUT2D eigenvalue weighted by Crippen LogP contribution is 2.18. The molecular formula is C16H19N3O3. The summed E-state index contributed by atoms with van der Waals surface area (Å²) in [5.41, 5.74) is 1.38. The summed E-state index contributed by atoms with van der Waals surface area (Å²) >= 11 is 0. The second-order valence-corrected chi connectivity index (χ2v) is 5.31. The predicted octanol–water partition coefficient (Wildman–Crippen LogP) is 2.22. The Morgan fingerprint density at radius 2 is 2.00 bits per heavy atom. The average Bonchev–Trinajstić information content (AvgIpc) is 2.49. The summed E-state index contributed by atoms with van der Waals surface area (Å²) in [6.45, 7) is 5.83. The molecule has 0 radical (unpaired) electrons. The fraction of sp³-hybridized carbons (Fsp3) is 0.312. The first-order valence-electron chi connectivity index (χ1n) is 7.04. The van der Waals surface area contributed by atoms with Crippen molar-refractivity contribution in [2.45, 2.75) is 26.7 Å². The first kappa shape index (κ1) is 15.8. The maximum absolute atomic E-state index is 11.8. The first-order chi connectivity index (χ1) is 10.5. The van der Waals surface area contributed by atoms with Gasteiger partial charge in [0.1, 0.15) is 11.6 Å². The lowest BCUT2D eigenvalue weighted by molar-refractivity contribution is -0.118. The number of amides is 1. The Balaban J connectivity index is 1.92. The van der Waals surface area contributed by atoms with E-state index in [1.807, 2.05) is 24.3 Å². The van der Waals surface area contributed by atoms with Gasteiger partial charge in [0.2, 0.25) is 0 Å². The molecule has 2 rings (SSSR count). The van der Waals surface area contributed by atoms with E-state index in [9.17, 15) is 9.59 Å². The lowest BCUT2D eigenvalue weighted by Crippen LogP contribution is -2.23. The van der Waals surface area contributed by atoms with Crippen LogP contribution >= 0.6 is 0 Å². The van der Waals surface area contributed by atoms with Gasteiger partial charge >= 0.3 is 5.69 Å². The number of rotatable bonds is 5. The summed E-state index contributed by atoms with van der Waals surface area (Å²) in [6.07, 6.45) is 1.40. The maximum Gasteiger partial charge on any atom is 0.346 e. The van der Waals surface area contributed by atoms with Gasteiger partial charge in [-0.1, -0.05) is 26.0 Å².